The summed E-state index contributed by atoms with van der Waals surface area (Å²) in [4.78, 5) is 33.7. The molecule has 6 nitrogen and oxygen atoms in total. The van der Waals surface area contributed by atoms with Crippen LogP contribution in [0.4, 0.5) is 0 Å². The Balaban J connectivity index is 1.33. The zero-order chi connectivity index (χ0) is 24.4. The third kappa shape index (κ3) is 4.73. The number of aryl methyl sites for hydroxylation is 2. The van der Waals surface area contributed by atoms with Crippen LogP contribution in [0.25, 0.3) is 21.3 Å². The van der Waals surface area contributed by atoms with E-state index < -0.39 is 0 Å². The lowest BCUT2D eigenvalue weighted by molar-refractivity contribution is -0.132. The van der Waals surface area contributed by atoms with Crippen LogP contribution >= 0.6 is 11.3 Å². The zero-order valence-corrected chi connectivity index (χ0v) is 20.9. The van der Waals surface area contributed by atoms with Crippen molar-refractivity contribution in [3.05, 3.63) is 81.7 Å². The van der Waals surface area contributed by atoms with Crippen LogP contribution in [0, 0.1) is 6.92 Å². The van der Waals surface area contributed by atoms with E-state index >= 15 is 0 Å². The average Bonchev–Trinajstić information content (AvgIpc) is 3.53. The van der Waals surface area contributed by atoms with Crippen molar-refractivity contribution in [1.82, 2.24) is 14.5 Å². The van der Waals surface area contributed by atoms with Gasteiger partial charge in [-0.1, -0.05) is 42.0 Å². The molecule has 1 atom stereocenters. The molecule has 1 fully saturated rings. The molecule has 7 heteroatoms. The molecule has 180 valence electrons. The highest BCUT2D eigenvalue weighted by Crippen LogP contribution is 2.34. The Kier molecular flexibility index (Phi) is 6.68. The summed E-state index contributed by atoms with van der Waals surface area (Å²) in [6.45, 7) is 5.69. The van der Waals surface area contributed by atoms with Crippen molar-refractivity contribution in [1.29, 1.82) is 0 Å². The molecule has 3 heterocycles. The second-order valence-electron chi connectivity index (χ2n) is 8.94. The van der Waals surface area contributed by atoms with Crippen molar-refractivity contribution < 1.29 is 9.53 Å². The minimum atomic E-state index is -0.0934. The maximum atomic E-state index is 13.3. The predicted octanol–water partition coefficient (Wildman–Crippen LogP) is 5.59. The maximum absolute atomic E-state index is 13.3. The molecular weight excluding hydrogens is 458 g/mol. The minimum Gasteiger partial charge on any atom is -0.494 e. The molecule has 2 aromatic carbocycles. The fourth-order valence-corrected chi connectivity index (χ4v) is 5.70. The van der Waals surface area contributed by atoms with E-state index in [0.717, 1.165) is 46.7 Å². The number of benzene rings is 2. The summed E-state index contributed by atoms with van der Waals surface area (Å²) < 4.78 is 7.12. The van der Waals surface area contributed by atoms with Crippen LogP contribution in [0.2, 0.25) is 0 Å². The number of carbonyl (C=O) groups excluding carboxylic acids is 1. The van der Waals surface area contributed by atoms with E-state index in [0.29, 0.717) is 18.5 Å². The van der Waals surface area contributed by atoms with Gasteiger partial charge >= 0.3 is 0 Å². The summed E-state index contributed by atoms with van der Waals surface area (Å²) in [5.74, 6) is 0.908. The molecule has 1 aliphatic heterocycles. The van der Waals surface area contributed by atoms with E-state index in [4.69, 9.17) is 4.74 Å². The normalized spacial score (nSPS) is 15.6. The Morgan fingerprint density at radius 3 is 2.66 bits per heavy atom. The van der Waals surface area contributed by atoms with Gasteiger partial charge in [0.15, 0.2) is 0 Å². The third-order valence-corrected chi connectivity index (χ3v) is 7.53. The molecule has 0 radical (unpaired) electrons. The number of hydrogen-bond acceptors (Lipinski definition) is 5. The van der Waals surface area contributed by atoms with E-state index in [1.165, 1.54) is 16.9 Å². The summed E-state index contributed by atoms with van der Waals surface area (Å²) in [5.41, 5.74) is 4.11. The average molecular weight is 488 g/mol. The molecule has 4 aromatic rings. The van der Waals surface area contributed by atoms with Crippen LogP contribution in [0.5, 0.6) is 5.75 Å². The predicted molar refractivity (Wildman–Crippen MR) is 140 cm³/mol. The second-order valence-corrected chi connectivity index (χ2v) is 9.79. The summed E-state index contributed by atoms with van der Waals surface area (Å²) >= 11 is 1.47. The molecule has 1 unspecified atom stereocenters. The molecule has 0 N–H and O–H groups in total. The molecule has 0 spiro atoms. The highest BCUT2D eigenvalue weighted by atomic mass is 32.1. The van der Waals surface area contributed by atoms with Gasteiger partial charge in [-0.3, -0.25) is 14.2 Å². The number of likely N-dealkylation sites (tertiary alicyclic amines) is 1. The molecule has 0 bridgehead atoms. The van der Waals surface area contributed by atoms with Gasteiger partial charge in [-0.15, -0.1) is 11.3 Å². The van der Waals surface area contributed by atoms with Gasteiger partial charge < -0.3 is 9.64 Å². The van der Waals surface area contributed by atoms with Gasteiger partial charge in [0.2, 0.25) is 5.91 Å². The van der Waals surface area contributed by atoms with E-state index in [1.807, 2.05) is 72.7 Å². The van der Waals surface area contributed by atoms with Crippen LogP contribution in [-0.4, -0.2) is 33.5 Å². The minimum absolute atomic E-state index is 0.0671. The first kappa shape index (κ1) is 23.3. The summed E-state index contributed by atoms with van der Waals surface area (Å²) in [6.07, 6.45) is 3.76. The third-order valence-electron chi connectivity index (χ3n) is 6.64. The van der Waals surface area contributed by atoms with Gasteiger partial charge in [0.05, 0.1) is 24.4 Å². The lowest BCUT2D eigenvalue weighted by atomic mass is 10.0. The Morgan fingerprint density at radius 2 is 1.91 bits per heavy atom. The van der Waals surface area contributed by atoms with Gasteiger partial charge in [-0.05, 0) is 49.9 Å². The Hall–Kier alpha value is -3.45. The Labute approximate surface area is 208 Å². The summed E-state index contributed by atoms with van der Waals surface area (Å²) in [7, 11) is 0. The number of thiophene rings is 1. The summed E-state index contributed by atoms with van der Waals surface area (Å²) in [5, 5.41) is 2.62. The molecule has 0 aliphatic carbocycles. The number of fused-ring (bicyclic) bond motifs is 1. The largest absolute Gasteiger partial charge is 0.494 e. The molecule has 35 heavy (non-hydrogen) atoms. The quantitative estimate of drug-likeness (QED) is 0.341. The van der Waals surface area contributed by atoms with Gasteiger partial charge in [0, 0.05) is 30.5 Å². The molecule has 1 saturated heterocycles. The van der Waals surface area contributed by atoms with Crippen molar-refractivity contribution in [3.8, 4) is 16.9 Å². The topological polar surface area (TPSA) is 64.4 Å². The van der Waals surface area contributed by atoms with Gasteiger partial charge in [-0.25, -0.2) is 4.98 Å². The van der Waals surface area contributed by atoms with Crippen LogP contribution < -0.4 is 10.3 Å². The monoisotopic (exact) mass is 487 g/mol. The van der Waals surface area contributed by atoms with E-state index in [1.54, 1.807) is 10.9 Å². The van der Waals surface area contributed by atoms with Crippen molar-refractivity contribution in [2.45, 2.75) is 45.7 Å². The maximum Gasteiger partial charge on any atom is 0.262 e. The van der Waals surface area contributed by atoms with Crippen LogP contribution in [-0.2, 0) is 11.3 Å². The van der Waals surface area contributed by atoms with Crippen LogP contribution in [0.15, 0.2) is 65.0 Å². The molecule has 5 rings (SSSR count). The first-order chi connectivity index (χ1) is 17.0. The van der Waals surface area contributed by atoms with Crippen LogP contribution in [0.1, 0.15) is 43.4 Å². The number of aromatic nitrogens is 2. The van der Waals surface area contributed by atoms with Gasteiger partial charge in [-0.2, -0.15) is 0 Å². The SMILES string of the molecule is CCOc1ccc(C2CCCN2C(=O)CCn2cnc3scc(-c4ccc(C)cc4)c3c2=O)cc1. The fraction of sp³-hybridized carbons (Fsp3) is 0.321. The van der Waals surface area contributed by atoms with E-state index in [9.17, 15) is 9.59 Å². The van der Waals surface area contributed by atoms with E-state index in [-0.39, 0.29) is 23.9 Å². The van der Waals surface area contributed by atoms with Crippen molar-refractivity contribution in [2.24, 2.45) is 0 Å². The number of nitrogens with zero attached hydrogens (tertiary/aromatic N) is 3. The Bertz CT molecular complexity index is 1390. The molecule has 0 saturated carbocycles. The zero-order valence-electron chi connectivity index (χ0n) is 20.1. The highest BCUT2D eigenvalue weighted by molar-refractivity contribution is 7.17. The lowest BCUT2D eigenvalue weighted by Gasteiger charge is -2.25. The van der Waals surface area contributed by atoms with Crippen molar-refractivity contribution >= 4 is 27.5 Å². The number of hydrogen-bond donors (Lipinski definition) is 0. The highest BCUT2D eigenvalue weighted by Gasteiger charge is 2.29. The van der Waals surface area contributed by atoms with Crippen molar-refractivity contribution in [3.63, 3.8) is 0 Å². The number of amides is 1. The van der Waals surface area contributed by atoms with E-state index in [2.05, 4.69) is 4.98 Å². The molecule has 2 aromatic heterocycles. The molecular formula is C28H29N3O3S. The van der Waals surface area contributed by atoms with Crippen LogP contribution in [0.3, 0.4) is 0 Å². The first-order valence-corrected chi connectivity index (χ1v) is 13.0. The summed E-state index contributed by atoms with van der Waals surface area (Å²) in [6, 6.07) is 16.3. The number of ether oxygens (including phenoxy) is 1. The number of carbonyl (C=O) groups is 1. The van der Waals surface area contributed by atoms with Crippen molar-refractivity contribution in [2.75, 3.05) is 13.2 Å². The fourth-order valence-electron chi connectivity index (χ4n) is 4.80. The lowest BCUT2D eigenvalue weighted by Crippen LogP contribution is -2.32. The Morgan fingerprint density at radius 1 is 1.14 bits per heavy atom. The standard InChI is InChI=1S/C28H29N3O3S/c1-3-34-22-12-10-21(11-13-22)24-5-4-15-31(24)25(32)14-16-30-18-29-27-26(28(30)33)23(17-35-27)20-8-6-19(2)7-9-20/h6-13,17-18,24H,3-5,14-16H2,1-2H3. The molecule has 1 amide bonds. The first-order valence-electron chi connectivity index (χ1n) is 12.1. The number of rotatable bonds is 7. The van der Waals surface area contributed by atoms with Gasteiger partial charge in [0.1, 0.15) is 10.6 Å². The smallest absolute Gasteiger partial charge is 0.262 e. The second kappa shape index (κ2) is 10.0. The molecule has 1 aliphatic rings. The van der Waals surface area contributed by atoms with Gasteiger partial charge in [0.25, 0.3) is 5.56 Å².